The molecule has 1 aliphatic rings. The van der Waals surface area contributed by atoms with Crippen LogP contribution in [0.2, 0.25) is 9.36 Å². The van der Waals surface area contributed by atoms with Crippen LogP contribution in [0.3, 0.4) is 0 Å². The first-order valence-corrected chi connectivity index (χ1v) is 13.5. The molecule has 36 heavy (non-hydrogen) atoms. The van der Waals surface area contributed by atoms with Gasteiger partial charge in [0.2, 0.25) is 5.91 Å². The molecule has 0 radical (unpaired) electrons. The summed E-state index contributed by atoms with van der Waals surface area (Å²) in [6, 6.07) is 14.3. The fourth-order valence-electron chi connectivity index (χ4n) is 4.48. The predicted octanol–water partition coefficient (Wildman–Crippen LogP) is 6.60. The number of carbonyl (C=O) groups is 2. The summed E-state index contributed by atoms with van der Waals surface area (Å²) < 4.78 is 9.72. The summed E-state index contributed by atoms with van der Waals surface area (Å²) in [5, 5.41) is 3.31. The number of nitrogens with one attached hydrogen (secondary N) is 1. The molecule has 1 N–H and O–H groups in total. The number of hydrogen-bond acceptors (Lipinski definition) is 5. The first-order valence-electron chi connectivity index (χ1n) is 12.0. The van der Waals surface area contributed by atoms with Crippen molar-refractivity contribution >= 4 is 46.5 Å². The van der Waals surface area contributed by atoms with Gasteiger partial charge in [0.25, 0.3) is 5.91 Å². The summed E-state index contributed by atoms with van der Waals surface area (Å²) >= 11 is 13.4. The van der Waals surface area contributed by atoms with Gasteiger partial charge in [-0.1, -0.05) is 84.4 Å². The van der Waals surface area contributed by atoms with Crippen molar-refractivity contribution in [3.8, 4) is 5.75 Å². The van der Waals surface area contributed by atoms with Gasteiger partial charge in [0.15, 0.2) is 5.69 Å². The SMILES string of the molecule is COc1ccc(CN(C(=O)c2nsc(Cl)c2Cl)C(C(=O)NC2CCCCC2)c2ccc(C)cc2)cc1. The van der Waals surface area contributed by atoms with Gasteiger partial charge >= 0.3 is 0 Å². The summed E-state index contributed by atoms with van der Waals surface area (Å²) in [7, 11) is 1.60. The molecule has 1 aliphatic carbocycles. The van der Waals surface area contributed by atoms with Crippen LogP contribution in [0.25, 0.3) is 0 Å². The molecule has 1 unspecified atom stereocenters. The van der Waals surface area contributed by atoms with Crippen LogP contribution in [-0.4, -0.2) is 34.2 Å². The van der Waals surface area contributed by atoms with Gasteiger partial charge in [-0.15, -0.1) is 0 Å². The number of carbonyl (C=O) groups excluding carboxylic acids is 2. The Bertz CT molecular complexity index is 1190. The van der Waals surface area contributed by atoms with Crippen molar-refractivity contribution in [2.24, 2.45) is 0 Å². The van der Waals surface area contributed by atoms with Crippen molar-refractivity contribution in [2.45, 2.75) is 57.7 Å². The lowest BCUT2D eigenvalue weighted by molar-refractivity contribution is -0.127. The number of nitrogens with zero attached hydrogens (tertiary/aromatic N) is 2. The van der Waals surface area contributed by atoms with E-state index in [4.69, 9.17) is 27.9 Å². The normalized spacial score (nSPS) is 14.8. The van der Waals surface area contributed by atoms with Gasteiger partial charge < -0.3 is 15.0 Å². The summed E-state index contributed by atoms with van der Waals surface area (Å²) in [5.74, 6) is 0.0319. The maximum atomic E-state index is 13.9. The molecule has 9 heteroatoms. The zero-order valence-corrected chi connectivity index (χ0v) is 22.6. The Labute approximate surface area is 225 Å². The van der Waals surface area contributed by atoms with E-state index < -0.39 is 11.9 Å². The minimum absolute atomic E-state index is 0.0442. The largest absolute Gasteiger partial charge is 0.497 e. The van der Waals surface area contributed by atoms with Crippen LogP contribution in [0.15, 0.2) is 48.5 Å². The Morgan fingerprint density at radius 2 is 1.75 bits per heavy atom. The van der Waals surface area contributed by atoms with Crippen LogP contribution in [0.5, 0.6) is 5.75 Å². The number of rotatable bonds is 8. The van der Waals surface area contributed by atoms with Crippen LogP contribution in [0.4, 0.5) is 0 Å². The number of benzene rings is 2. The Morgan fingerprint density at radius 3 is 2.33 bits per heavy atom. The van der Waals surface area contributed by atoms with Crippen molar-refractivity contribution in [3.63, 3.8) is 0 Å². The highest BCUT2D eigenvalue weighted by Gasteiger charge is 2.35. The lowest BCUT2D eigenvalue weighted by Crippen LogP contribution is -2.47. The third-order valence-electron chi connectivity index (χ3n) is 6.48. The topological polar surface area (TPSA) is 71.5 Å². The summed E-state index contributed by atoms with van der Waals surface area (Å²) in [4.78, 5) is 29.3. The van der Waals surface area contributed by atoms with Crippen LogP contribution in [0, 0.1) is 6.92 Å². The molecule has 2 amide bonds. The molecule has 3 aromatic rings. The average Bonchev–Trinajstić information content (AvgIpc) is 3.23. The fourth-order valence-corrected chi connectivity index (χ4v) is 5.47. The Balaban J connectivity index is 1.75. The average molecular weight is 547 g/mol. The zero-order valence-electron chi connectivity index (χ0n) is 20.3. The monoisotopic (exact) mass is 545 g/mol. The van der Waals surface area contributed by atoms with Gasteiger partial charge in [0.1, 0.15) is 21.2 Å². The molecule has 4 rings (SSSR count). The zero-order chi connectivity index (χ0) is 25.7. The highest BCUT2D eigenvalue weighted by molar-refractivity contribution is 7.11. The van der Waals surface area contributed by atoms with Crippen LogP contribution >= 0.6 is 34.7 Å². The number of aromatic nitrogens is 1. The molecule has 2 aromatic carbocycles. The lowest BCUT2D eigenvalue weighted by atomic mass is 9.94. The summed E-state index contributed by atoms with van der Waals surface area (Å²) in [6.07, 6.45) is 5.22. The fraction of sp³-hybridized carbons (Fsp3) is 0.370. The molecule has 190 valence electrons. The second-order valence-corrected chi connectivity index (χ2v) is 10.8. The van der Waals surface area contributed by atoms with Crippen LogP contribution in [-0.2, 0) is 11.3 Å². The smallest absolute Gasteiger partial charge is 0.276 e. The van der Waals surface area contributed by atoms with Gasteiger partial charge in [-0.25, -0.2) is 0 Å². The minimum Gasteiger partial charge on any atom is -0.497 e. The first kappa shape index (κ1) is 26.5. The molecule has 1 saturated carbocycles. The van der Waals surface area contributed by atoms with E-state index in [1.165, 1.54) is 11.3 Å². The first-order chi connectivity index (χ1) is 17.4. The van der Waals surface area contributed by atoms with Gasteiger partial charge in [-0.05, 0) is 54.6 Å². The number of hydrogen-bond donors (Lipinski definition) is 1. The molecule has 0 spiro atoms. The van der Waals surface area contributed by atoms with Crippen molar-refractivity contribution < 1.29 is 14.3 Å². The van der Waals surface area contributed by atoms with E-state index in [1.54, 1.807) is 7.11 Å². The molecule has 0 bridgehead atoms. The number of halogens is 2. The van der Waals surface area contributed by atoms with E-state index in [-0.39, 0.29) is 33.5 Å². The second-order valence-electron chi connectivity index (χ2n) is 9.06. The molecular formula is C27H29Cl2N3O3S. The Morgan fingerprint density at radius 1 is 1.08 bits per heavy atom. The van der Waals surface area contributed by atoms with E-state index in [9.17, 15) is 9.59 Å². The van der Waals surface area contributed by atoms with Crippen LogP contribution in [0.1, 0.15) is 65.3 Å². The van der Waals surface area contributed by atoms with Crippen LogP contribution < -0.4 is 10.1 Å². The maximum absolute atomic E-state index is 13.9. The van der Waals surface area contributed by atoms with Crippen molar-refractivity contribution in [2.75, 3.05) is 7.11 Å². The standard InChI is InChI=1S/C27H29Cl2N3O3S/c1-17-8-12-19(13-9-17)24(26(33)30-20-6-4-3-5-7-20)32(16-18-10-14-21(35-2)15-11-18)27(34)23-22(28)25(29)36-31-23/h8-15,20,24H,3-7,16H2,1-2H3,(H,30,33). The maximum Gasteiger partial charge on any atom is 0.276 e. The number of ether oxygens (including phenoxy) is 1. The van der Waals surface area contributed by atoms with E-state index in [0.717, 1.165) is 48.3 Å². The highest BCUT2D eigenvalue weighted by Crippen LogP contribution is 2.33. The Kier molecular flexibility index (Phi) is 8.88. The van der Waals surface area contributed by atoms with Gasteiger partial charge in [0.05, 0.1) is 7.11 Å². The summed E-state index contributed by atoms with van der Waals surface area (Å²) in [6.45, 7) is 2.16. The third kappa shape index (κ3) is 6.20. The third-order valence-corrected chi connectivity index (χ3v) is 8.09. The van der Waals surface area contributed by atoms with Gasteiger partial charge in [-0.3, -0.25) is 9.59 Å². The van der Waals surface area contributed by atoms with Crippen molar-refractivity contribution in [1.82, 2.24) is 14.6 Å². The molecule has 1 heterocycles. The molecular weight excluding hydrogens is 517 g/mol. The second kappa shape index (κ2) is 12.1. The molecule has 0 saturated heterocycles. The Hall–Kier alpha value is -2.61. The highest BCUT2D eigenvalue weighted by atomic mass is 35.5. The van der Waals surface area contributed by atoms with Gasteiger partial charge in [-0.2, -0.15) is 4.37 Å². The minimum atomic E-state index is -0.876. The quantitative estimate of drug-likeness (QED) is 0.346. The van der Waals surface area contributed by atoms with Gasteiger partial charge in [0, 0.05) is 12.6 Å². The number of methoxy groups -OCH3 is 1. The molecule has 1 aromatic heterocycles. The molecule has 6 nitrogen and oxygen atoms in total. The molecule has 1 atom stereocenters. The van der Waals surface area contributed by atoms with E-state index in [0.29, 0.717) is 11.3 Å². The molecule has 0 aliphatic heterocycles. The van der Waals surface area contributed by atoms with Crippen molar-refractivity contribution in [1.29, 1.82) is 0 Å². The van der Waals surface area contributed by atoms with E-state index >= 15 is 0 Å². The number of aryl methyl sites for hydroxylation is 1. The molecule has 1 fully saturated rings. The van der Waals surface area contributed by atoms with E-state index in [2.05, 4.69) is 9.69 Å². The van der Waals surface area contributed by atoms with E-state index in [1.807, 2.05) is 55.5 Å². The van der Waals surface area contributed by atoms with Crippen molar-refractivity contribution in [3.05, 3.63) is 80.3 Å². The predicted molar refractivity (Wildman–Crippen MR) is 144 cm³/mol. The summed E-state index contributed by atoms with van der Waals surface area (Å²) in [5.41, 5.74) is 2.66. The lowest BCUT2D eigenvalue weighted by Gasteiger charge is -2.33. The number of amides is 2.